The molecule has 0 aromatic rings. The Hall–Kier alpha value is -0.910. The molecule has 0 fully saturated rings. The van der Waals surface area contributed by atoms with Crippen LogP contribution in [-0.2, 0) is 9.53 Å². The molecule has 76 valence electrons. The van der Waals surface area contributed by atoms with Crippen molar-refractivity contribution < 1.29 is 24.9 Å². The van der Waals surface area contributed by atoms with E-state index in [1.54, 1.807) is 0 Å². The minimum Gasteiger partial charge on any atom is -0.462 e. The molecule has 0 bridgehead atoms. The molecule has 3 N–H and O–H groups in total. The number of carbonyl (C=O) groups excluding carboxylic acids is 1. The number of carbonyl (C=O) groups is 1. The van der Waals surface area contributed by atoms with Crippen LogP contribution in [0.3, 0.4) is 0 Å². The topological polar surface area (TPSA) is 87.0 Å². The zero-order chi connectivity index (χ0) is 10.6. The Morgan fingerprint density at radius 2 is 2.00 bits per heavy atom. The quantitative estimate of drug-likeness (QED) is 0.312. The highest BCUT2D eigenvalue weighted by molar-refractivity contribution is 5.86. The lowest BCUT2D eigenvalue weighted by Gasteiger charge is -2.21. The zero-order valence-electron chi connectivity index (χ0n) is 7.65. The van der Waals surface area contributed by atoms with Gasteiger partial charge in [-0.05, 0) is 6.92 Å². The lowest BCUT2D eigenvalue weighted by Crippen LogP contribution is -2.38. The molecule has 0 aromatic carbocycles. The maximum absolute atomic E-state index is 10.8. The van der Waals surface area contributed by atoms with E-state index in [0.717, 1.165) is 0 Å². The van der Waals surface area contributed by atoms with E-state index in [4.69, 9.17) is 15.3 Å². The molecule has 13 heavy (non-hydrogen) atoms. The van der Waals surface area contributed by atoms with Gasteiger partial charge in [-0.25, -0.2) is 4.79 Å². The van der Waals surface area contributed by atoms with Crippen molar-refractivity contribution in [1.29, 1.82) is 0 Å². The van der Waals surface area contributed by atoms with Gasteiger partial charge in [-0.2, -0.15) is 0 Å². The van der Waals surface area contributed by atoms with Crippen LogP contribution in [0.4, 0.5) is 0 Å². The molecular weight excluding hydrogens is 176 g/mol. The van der Waals surface area contributed by atoms with Gasteiger partial charge in [-0.3, -0.25) is 0 Å². The van der Waals surface area contributed by atoms with Crippen LogP contribution < -0.4 is 0 Å². The normalized spacial score (nSPS) is 13.6. The Bertz CT molecular complexity index is 203. The average Bonchev–Trinajstić information content (AvgIpc) is 1.97. The van der Waals surface area contributed by atoms with E-state index in [1.807, 2.05) is 0 Å². The second-order valence-corrected chi connectivity index (χ2v) is 2.97. The lowest BCUT2D eigenvalue weighted by molar-refractivity contribution is -0.342. The molecule has 0 rings (SSSR count). The van der Waals surface area contributed by atoms with E-state index in [1.165, 1.54) is 13.8 Å². The van der Waals surface area contributed by atoms with Crippen molar-refractivity contribution >= 4 is 5.97 Å². The molecule has 0 heterocycles. The summed E-state index contributed by atoms with van der Waals surface area (Å²) in [5, 5.41) is 25.9. The van der Waals surface area contributed by atoms with Gasteiger partial charge in [0.1, 0.15) is 6.61 Å². The smallest absolute Gasteiger partial charge is 0.333 e. The van der Waals surface area contributed by atoms with Crippen molar-refractivity contribution in [3.8, 4) is 0 Å². The monoisotopic (exact) mass is 190 g/mol. The first-order valence-electron chi connectivity index (χ1n) is 3.75. The van der Waals surface area contributed by atoms with E-state index in [0.29, 0.717) is 0 Å². The number of esters is 1. The molecule has 0 amide bonds. The number of hydrogen-bond donors (Lipinski definition) is 3. The summed E-state index contributed by atoms with van der Waals surface area (Å²) in [6.07, 6.45) is 0. The van der Waals surface area contributed by atoms with Gasteiger partial charge >= 0.3 is 5.97 Å². The third-order valence-electron chi connectivity index (χ3n) is 1.47. The molecule has 0 saturated heterocycles. The number of ether oxygens (including phenoxy) is 1. The highest BCUT2D eigenvalue weighted by Crippen LogP contribution is 2.10. The van der Waals surface area contributed by atoms with Crippen LogP contribution in [-0.4, -0.2) is 33.9 Å². The summed E-state index contributed by atoms with van der Waals surface area (Å²) in [5.41, 5.74) is 0.214. The van der Waals surface area contributed by atoms with E-state index in [-0.39, 0.29) is 12.2 Å². The van der Waals surface area contributed by atoms with Crippen molar-refractivity contribution in [3.05, 3.63) is 12.2 Å². The third kappa shape index (κ3) is 4.62. The summed E-state index contributed by atoms with van der Waals surface area (Å²) in [6, 6.07) is 0. The molecule has 0 aliphatic rings. The fraction of sp³-hybridized carbons (Fsp3) is 0.625. The highest BCUT2D eigenvalue weighted by Gasteiger charge is 2.28. The van der Waals surface area contributed by atoms with Gasteiger partial charge in [0.25, 0.3) is 5.97 Å². The summed E-state index contributed by atoms with van der Waals surface area (Å²) in [6.45, 7) is 5.85. The number of rotatable bonds is 4. The first-order chi connectivity index (χ1) is 5.75. The molecule has 0 aromatic heterocycles. The Morgan fingerprint density at radius 1 is 1.54 bits per heavy atom. The Balaban J connectivity index is 3.91. The van der Waals surface area contributed by atoms with Crippen LogP contribution in [0.15, 0.2) is 12.2 Å². The Kier molecular flexibility index (Phi) is 4.06. The molecule has 0 saturated carbocycles. The van der Waals surface area contributed by atoms with E-state index in [2.05, 4.69) is 11.3 Å². The predicted molar refractivity (Wildman–Crippen MR) is 44.3 cm³/mol. The van der Waals surface area contributed by atoms with Crippen LogP contribution in [0.25, 0.3) is 0 Å². The summed E-state index contributed by atoms with van der Waals surface area (Å²) in [4.78, 5) is 10.8. The molecule has 5 nitrogen and oxygen atoms in total. The molecular formula is C8H14O5. The molecule has 0 aliphatic carbocycles. The molecule has 0 aliphatic heterocycles. The average molecular weight is 190 g/mol. The Labute approximate surface area is 76.3 Å². The van der Waals surface area contributed by atoms with Crippen molar-refractivity contribution in [2.24, 2.45) is 5.92 Å². The first-order valence-corrected chi connectivity index (χ1v) is 3.75. The zero-order valence-corrected chi connectivity index (χ0v) is 7.65. The van der Waals surface area contributed by atoms with Crippen molar-refractivity contribution in [1.82, 2.24) is 0 Å². The van der Waals surface area contributed by atoms with Gasteiger partial charge < -0.3 is 20.1 Å². The standard InChI is InChI=1S/C8H14O5/c1-5(2)7(9)13-4-6(3)8(10,11)12/h6,10-12H,1,4H2,2-3H3. The SMILES string of the molecule is C=C(C)C(=O)OCC(C)C(O)(O)O. The fourth-order valence-corrected chi connectivity index (χ4v) is 0.436. The Morgan fingerprint density at radius 3 is 2.31 bits per heavy atom. The fourth-order valence-electron chi connectivity index (χ4n) is 0.436. The van der Waals surface area contributed by atoms with Crippen LogP contribution in [0.5, 0.6) is 0 Å². The van der Waals surface area contributed by atoms with Crippen LogP contribution in [0, 0.1) is 5.92 Å². The molecule has 1 atom stereocenters. The van der Waals surface area contributed by atoms with Gasteiger partial charge in [0.15, 0.2) is 0 Å². The minimum atomic E-state index is -2.82. The molecule has 0 spiro atoms. The minimum absolute atomic E-state index is 0.214. The van der Waals surface area contributed by atoms with Crippen molar-refractivity contribution in [3.63, 3.8) is 0 Å². The van der Waals surface area contributed by atoms with E-state index >= 15 is 0 Å². The van der Waals surface area contributed by atoms with E-state index in [9.17, 15) is 4.79 Å². The van der Waals surface area contributed by atoms with Crippen LogP contribution >= 0.6 is 0 Å². The summed E-state index contributed by atoms with van der Waals surface area (Å²) < 4.78 is 4.57. The maximum atomic E-state index is 10.8. The van der Waals surface area contributed by atoms with Crippen LogP contribution in [0.2, 0.25) is 0 Å². The summed E-state index contributed by atoms with van der Waals surface area (Å²) in [7, 11) is 0. The van der Waals surface area contributed by atoms with Gasteiger partial charge in [-0.15, -0.1) is 0 Å². The maximum Gasteiger partial charge on any atom is 0.333 e. The molecule has 5 heteroatoms. The first kappa shape index (κ1) is 12.1. The van der Waals surface area contributed by atoms with Gasteiger partial charge in [-0.1, -0.05) is 13.5 Å². The number of aliphatic hydroxyl groups is 3. The molecule has 1 unspecified atom stereocenters. The van der Waals surface area contributed by atoms with Crippen molar-refractivity contribution in [2.45, 2.75) is 19.8 Å². The molecule has 0 radical (unpaired) electrons. The predicted octanol–water partition coefficient (Wildman–Crippen LogP) is -0.627. The number of hydrogen-bond acceptors (Lipinski definition) is 5. The highest BCUT2D eigenvalue weighted by atomic mass is 16.7. The van der Waals surface area contributed by atoms with Gasteiger partial charge in [0.05, 0.1) is 5.92 Å². The second-order valence-electron chi connectivity index (χ2n) is 2.97. The van der Waals surface area contributed by atoms with E-state index < -0.39 is 17.9 Å². The lowest BCUT2D eigenvalue weighted by atomic mass is 10.1. The second kappa shape index (κ2) is 4.36. The van der Waals surface area contributed by atoms with Crippen molar-refractivity contribution in [2.75, 3.05) is 6.61 Å². The summed E-state index contributed by atoms with van der Waals surface area (Å²) >= 11 is 0. The van der Waals surface area contributed by atoms with Gasteiger partial charge in [0.2, 0.25) is 0 Å². The third-order valence-corrected chi connectivity index (χ3v) is 1.47. The van der Waals surface area contributed by atoms with Crippen LogP contribution in [0.1, 0.15) is 13.8 Å². The largest absolute Gasteiger partial charge is 0.462 e. The summed E-state index contributed by atoms with van der Waals surface area (Å²) in [5.74, 6) is -4.43. The van der Waals surface area contributed by atoms with Gasteiger partial charge in [0, 0.05) is 5.57 Å².